The van der Waals surface area contributed by atoms with Gasteiger partial charge in [0.2, 0.25) is 5.91 Å². The number of carbonyl (C=O) groups is 2. The average Bonchev–Trinajstić information content (AvgIpc) is 2.90. The molecule has 122 valence electrons. The predicted molar refractivity (Wildman–Crippen MR) is 76.0 cm³/mol. The fourth-order valence-electron chi connectivity index (χ4n) is 4.27. The van der Waals surface area contributed by atoms with E-state index in [0.29, 0.717) is 6.42 Å². The van der Waals surface area contributed by atoms with E-state index in [9.17, 15) is 18.0 Å². The summed E-state index contributed by atoms with van der Waals surface area (Å²) in [4.78, 5) is 22.9. The van der Waals surface area contributed by atoms with Gasteiger partial charge in [0.1, 0.15) is 18.8 Å². The number of esters is 1. The van der Waals surface area contributed by atoms with Gasteiger partial charge in [0.05, 0.1) is 5.25 Å². The Balaban J connectivity index is 1.73. The van der Waals surface area contributed by atoms with Crippen molar-refractivity contribution in [1.29, 1.82) is 0 Å². The molecule has 7 nitrogen and oxygen atoms in total. The zero-order valence-corrected chi connectivity index (χ0v) is 13.3. The van der Waals surface area contributed by atoms with E-state index in [-0.39, 0.29) is 23.8 Å². The minimum atomic E-state index is -3.58. The molecule has 2 bridgehead atoms. The second-order valence-electron chi connectivity index (χ2n) is 6.66. The van der Waals surface area contributed by atoms with Crippen LogP contribution in [0.25, 0.3) is 0 Å². The zero-order chi connectivity index (χ0) is 16.3. The monoisotopic (exact) mass is 329 g/mol. The Kier molecular flexibility index (Phi) is 3.37. The summed E-state index contributed by atoms with van der Waals surface area (Å²) in [5, 5.41) is 1.85. The summed E-state index contributed by atoms with van der Waals surface area (Å²) in [6.07, 6.45) is 0.322. The van der Waals surface area contributed by atoms with Crippen molar-refractivity contribution >= 4 is 22.0 Å². The lowest BCUT2D eigenvalue weighted by atomic mass is 9.81. The van der Waals surface area contributed by atoms with Crippen LogP contribution in [0.15, 0.2) is 12.7 Å². The molecule has 8 heteroatoms. The Morgan fingerprint density at radius 1 is 1.45 bits per heavy atom. The molecule has 22 heavy (non-hydrogen) atoms. The van der Waals surface area contributed by atoms with E-state index in [4.69, 9.17) is 8.92 Å². The fraction of sp³-hybridized carbons (Fsp3) is 0.714. The first-order valence-electron chi connectivity index (χ1n) is 7.20. The third-order valence-corrected chi connectivity index (χ3v) is 6.97. The number of amides is 1. The molecule has 1 amide bonds. The van der Waals surface area contributed by atoms with Crippen molar-refractivity contribution in [3.05, 3.63) is 12.7 Å². The summed E-state index contributed by atoms with van der Waals surface area (Å²) >= 11 is 0. The number of hydrogen-bond donors (Lipinski definition) is 1. The van der Waals surface area contributed by atoms with Gasteiger partial charge in [-0.15, -0.1) is 0 Å². The van der Waals surface area contributed by atoms with Crippen LogP contribution < -0.4 is 5.32 Å². The molecule has 5 atom stereocenters. The van der Waals surface area contributed by atoms with Crippen molar-refractivity contribution < 1.29 is 26.9 Å². The standard InChI is InChI=1S/C14H19NO6S/c1-4-9(16)15-6-10(17)20-12-7-5-8-11(14(7,2)3)13(12)21-22(8,18)19/h4,7-8,11-13H,1,5-6H2,2-3H3,(H,15,16). The summed E-state index contributed by atoms with van der Waals surface area (Å²) in [6.45, 7) is 7.00. The Bertz CT molecular complexity index is 640. The molecule has 0 spiro atoms. The lowest BCUT2D eigenvalue weighted by molar-refractivity contribution is -0.155. The van der Waals surface area contributed by atoms with Crippen LogP contribution in [0.1, 0.15) is 20.3 Å². The van der Waals surface area contributed by atoms with E-state index in [1.54, 1.807) is 0 Å². The van der Waals surface area contributed by atoms with E-state index < -0.39 is 39.5 Å². The Labute approximate surface area is 129 Å². The van der Waals surface area contributed by atoms with Crippen LogP contribution in [-0.4, -0.2) is 44.3 Å². The van der Waals surface area contributed by atoms with Gasteiger partial charge in [-0.3, -0.25) is 13.8 Å². The van der Waals surface area contributed by atoms with Crippen LogP contribution in [0.4, 0.5) is 0 Å². The molecule has 0 radical (unpaired) electrons. The predicted octanol–water partition coefficient (Wildman–Crippen LogP) is -0.0265. The summed E-state index contributed by atoms with van der Waals surface area (Å²) < 4.78 is 34.7. The minimum Gasteiger partial charge on any atom is -0.458 e. The van der Waals surface area contributed by atoms with Crippen molar-refractivity contribution in [1.82, 2.24) is 5.32 Å². The second-order valence-corrected chi connectivity index (χ2v) is 8.44. The van der Waals surface area contributed by atoms with Gasteiger partial charge in [-0.05, 0) is 17.9 Å². The highest BCUT2D eigenvalue weighted by Gasteiger charge is 2.73. The highest BCUT2D eigenvalue weighted by atomic mass is 32.2. The van der Waals surface area contributed by atoms with E-state index in [1.807, 2.05) is 13.8 Å². The average molecular weight is 329 g/mol. The molecular weight excluding hydrogens is 310 g/mol. The molecule has 2 saturated carbocycles. The first-order valence-corrected chi connectivity index (χ1v) is 8.67. The highest BCUT2D eigenvalue weighted by molar-refractivity contribution is 7.87. The van der Waals surface area contributed by atoms with Gasteiger partial charge in [-0.1, -0.05) is 20.4 Å². The van der Waals surface area contributed by atoms with Crippen molar-refractivity contribution in [3.8, 4) is 0 Å². The molecule has 5 unspecified atom stereocenters. The molecular formula is C14H19NO6S. The minimum absolute atomic E-state index is 0.0520. The summed E-state index contributed by atoms with van der Waals surface area (Å²) in [5.74, 6) is -1.27. The van der Waals surface area contributed by atoms with Gasteiger partial charge >= 0.3 is 5.97 Å². The van der Waals surface area contributed by atoms with Crippen LogP contribution >= 0.6 is 0 Å². The topological polar surface area (TPSA) is 98.8 Å². The van der Waals surface area contributed by atoms with Crippen LogP contribution in [0.3, 0.4) is 0 Å². The maximum atomic E-state index is 12.0. The Morgan fingerprint density at radius 3 is 2.77 bits per heavy atom. The molecule has 3 fully saturated rings. The molecule has 1 aliphatic heterocycles. The van der Waals surface area contributed by atoms with Crippen molar-refractivity contribution in [3.63, 3.8) is 0 Å². The summed E-state index contributed by atoms with van der Waals surface area (Å²) in [5.41, 5.74) is -0.256. The number of nitrogens with one attached hydrogen (secondary N) is 1. The largest absolute Gasteiger partial charge is 0.458 e. The van der Waals surface area contributed by atoms with Crippen LogP contribution in [0, 0.1) is 17.3 Å². The maximum absolute atomic E-state index is 12.0. The zero-order valence-electron chi connectivity index (χ0n) is 12.4. The first-order chi connectivity index (χ1) is 10.2. The van der Waals surface area contributed by atoms with Crippen molar-refractivity contribution in [2.24, 2.45) is 17.3 Å². The first kappa shape index (κ1) is 15.5. The smallest absolute Gasteiger partial charge is 0.325 e. The van der Waals surface area contributed by atoms with Crippen molar-refractivity contribution in [2.75, 3.05) is 6.54 Å². The Morgan fingerprint density at radius 2 is 2.14 bits per heavy atom. The molecule has 1 saturated heterocycles. The number of ether oxygens (including phenoxy) is 1. The number of rotatable bonds is 4. The van der Waals surface area contributed by atoms with Gasteiger partial charge in [0.15, 0.2) is 0 Å². The number of carbonyl (C=O) groups excluding carboxylic acids is 2. The van der Waals surface area contributed by atoms with Crippen molar-refractivity contribution in [2.45, 2.75) is 37.7 Å². The highest BCUT2D eigenvalue weighted by Crippen LogP contribution is 2.64. The molecule has 0 aromatic rings. The maximum Gasteiger partial charge on any atom is 0.325 e. The van der Waals surface area contributed by atoms with Gasteiger partial charge < -0.3 is 10.1 Å². The number of hydrogen-bond acceptors (Lipinski definition) is 6. The molecule has 1 N–H and O–H groups in total. The SMILES string of the molecule is C=CC(=O)NCC(=O)OC1C2OS(=O)(=O)C3CC1C(C)(C)C23. The van der Waals surface area contributed by atoms with Gasteiger partial charge in [0, 0.05) is 11.8 Å². The van der Waals surface area contributed by atoms with E-state index in [2.05, 4.69) is 11.9 Å². The molecule has 0 aromatic heterocycles. The summed E-state index contributed by atoms with van der Waals surface area (Å²) in [7, 11) is -3.58. The lowest BCUT2D eigenvalue weighted by Gasteiger charge is -2.26. The van der Waals surface area contributed by atoms with Crippen LogP contribution in [0.5, 0.6) is 0 Å². The quantitative estimate of drug-likeness (QED) is 0.442. The fourth-order valence-corrected chi connectivity index (χ4v) is 6.25. The van der Waals surface area contributed by atoms with E-state index >= 15 is 0 Å². The van der Waals surface area contributed by atoms with Crippen LogP contribution in [-0.2, 0) is 28.6 Å². The van der Waals surface area contributed by atoms with Gasteiger partial charge in [0.25, 0.3) is 10.1 Å². The molecule has 1 heterocycles. The lowest BCUT2D eigenvalue weighted by Crippen LogP contribution is -2.39. The summed E-state index contributed by atoms with van der Waals surface area (Å²) in [6, 6.07) is 0. The van der Waals surface area contributed by atoms with E-state index in [0.717, 1.165) is 6.08 Å². The third-order valence-electron chi connectivity index (χ3n) is 5.25. The third kappa shape index (κ3) is 2.08. The normalized spacial score (nSPS) is 39.5. The molecule has 2 aliphatic carbocycles. The second kappa shape index (κ2) is 4.79. The molecule has 0 aromatic carbocycles. The van der Waals surface area contributed by atoms with Gasteiger partial charge in [-0.2, -0.15) is 8.42 Å². The molecule has 3 aliphatic rings. The van der Waals surface area contributed by atoms with Crippen LogP contribution in [0.2, 0.25) is 0 Å². The number of fused-ring (bicyclic) bond motifs is 1. The Hall–Kier alpha value is -1.41. The van der Waals surface area contributed by atoms with E-state index in [1.165, 1.54) is 0 Å². The van der Waals surface area contributed by atoms with Gasteiger partial charge in [-0.25, -0.2) is 0 Å². The molecule has 3 rings (SSSR count).